The van der Waals surface area contributed by atoms with Crippen molar-refractivity contribution in [1.29, 1.82) is 0 Å². The van der Waals surface area contributed by atoms with E-state index in [1.54, 1.807) is 18.5 Å². The van der Waals surface area contributed by atoms with Crippen molar-refractivity contribution in [2.45, 2.75) is 33.4 Å². The van der Waals surface area contributed by atoms with Crippen LogP contribution in [0.15, 0.2) is 36.7 Å². The van der Waals surface area contributed by atoms with E-state index >= 15 is 0 Å². The largest absolute Gasteiger partial charge is 0.485 e. The van der Waals surface area contributed by atoms with E-state index in [0.717, 1.165) is 17.9 Å². The molecule has 0 amide bonds. The Balaban J connectivity index is 2.15. The molecule has 0 radical (unpaired) electrons. The van der Waals surface area contributed by atoms with E-state index < -0.39 is 0 Å². The fraction of sp³-hybridized carbons (Fsp3) is 0.375. The smallest absolute Gasteiger partial charge is 0.166 e. The SMILES string of the molecule is CCNC(C)c1ccc(C)cc1OCc1ncccn1. The zero-order chi connectivity index (χ0) is 14.4. The summed E-state index contributed by atoms with van der Waals surface area (Å²) in [5.74, 6) is 1.59. The van der Waals surface area contributed by atoms with Gasteiger partial charge >= 0.3 is 0 Å². The molecule has 1 atom stereocenters. The Bertz CT molecular complexity index is 543. The topological polar surface area (TPSA) is 47.0 Å². The van der Waals surface area contributed by atoms with Gasteiger partial charge in [0.25, 0.3) is 0 Å². The first-order valence-corrected chi connectivity index (χ1v) is 6.93. The van der Waals surface area contributed by atoms with E-state index in [-0.39, 0.29) is 6.04 Å². The van der Waals surface area contributed by atoms with Crippen molar-refractivity contribution in [1.82, 2.24) is 15.3 Å². The first-order valence-electron chi connectivity index (χ1n) is 6.93. The lowest BCUT2D eigenvalue weighted by Gasteiger charge is -2.18. The van der Waals surface area contributed by atoms with Gasteiger partial charge < -0.3 is 10.1 Å². The summed E-state index contributed by atoms with van der Waals surface area (Å²) in [5.41, 5.74) is 2.34. The summed E-state index contributed by atoms with van der Waals surface area (Å²) in [6.45, 7) is 7.61. The predicted molar refractivity (Wildman–Crippen MR) is 79.6 cm³/mol. The van der Waals surface area contributed by atoms with Gasteiger partial charge in [-0.05, 0) is 38.1 Å². The van der Waals surface area contributed by atoms with Crippen molar-refractivity contribution in [2.24, 2.45) is 0 Å². The molecule has 106 valence electrons. The summed E-state index contributed by atoms with van der Waals surface area (Å²) in [5, 5.41) is 3.41. The van der Waals surface area contributed by atoms with Crippen molar-refractivity contribution in [2.75, 3.05) is 6.54 Å². The van der Waals surface area contributed by atoms with E-state index in [0.29, 0.717) is 12.4 Å². The van der Waals surface area contributed by atoms with Crippen molar-refractivity contribution in [3.63, 3.8) is 0 Å². The van der Waals surface area contributed by atoms with Crippen LogP contribution in [0.2, 0.25) is 0 Å². The summed E-state index contributed by atoms with van der Waals surface area (Å²) < 4.78 is 5.91. The molecule has 0 aliphatic carbocycles. The highest BCUT2D eigenvalue weighted by molar-refractivity contribution is 5.39. The average molecular weight is 271 g/mol. The Morgan fingerprint density at radius 2 is 2.00 bits per heavy atom. The van der Waals surface area contributed by atoms with Crippen LogP contribution in [0.1, 0.15) is 36.8 Å². The fourth-order valence-corrected chi connectivity index (χ4v) is 2.09. The maximum atomic E-state index is 5.91. The van der Waals surface area contributed by atoms with Crippen LogP contribution in [0, 0.1) is 6.92 Å². The highest BCUT2D eigenvalue weighted by atomic mass is 16.5. The van der Waals surface area contributed by atoms with Crippen LogP contribution in [0.4, 0.5) is 0 Å². The van der Waals surface area contributed by atoms with Gasteiger partial charge in [0.1, 0.15) is 12.4 Å². The molecule has 1 aromatic carbocycles. The van der Waals surface area contributed by atoms with Crippen LogP contribution in [0.25, 0.3) is 0 Å². The summed E-state index contributed by atoms with van der Waals surface area (Å²) in [6.07, 6.45) is 3.45. The number of benzene rings is 1. The molecule has 1 heterocycles. The molecule has 0 saturated heterocycles. The van der Waals surface area contributed by atoms with Gasteiger partial charge in [0.2, 0.25) is 0 Å². The third-order valence-electron chi connectivity index (χ3n) is 3.12. The van der Waals surface area contributed by atoms with Gasteiger partial charge in [-0.1, -0.05) is 19.1 Å². The van der Waals surface area contributed by atoms with Crippen molar-refractivity contribution >= 4 is 0 Å². The van der Waals surface area contributed by atoms with Crippen molar-refractivity contribution < 1.29 is 4.74 Å². The molecule has 2 aromatic rings. The Hall–Kier alpha value is -1.94. The standard InChI is InChI=1S/C16H21N3O/c1-4-17-13(3)14-7-6-12(2)10-15(14)20-11-16-18-8-5-9-19-16/h5-10,13,17H,4,11H2,1-3H3. The summed E-state index contributed by atoms with van der Waals surface area (Å²) in [4.78, 5) is 8.35. The molecule has 1 aromatic heterocycles. The zero-order valence-electron chi connectivity index (χ0n) is 12.3. The van der Waals surface area contributed by atoms with Gasteiger partial charge in [-0.3, -0.25) is 0 Å². The van der Waals surface area contributed by atoms with Crippen LogP contribution >= 0.6 is 0 Å². The third kappa shape index (κ3) is 3.78. The van der Waals surface area contributed by atoms with Gasteiger partial charge in [-0.25, -0.2) is 9.97 Å². The van der Waals surface area contributed by atoms with E-state index in [1.807, 2.05) is 0 Å². The second-order valence-corrected chi connectivity index (χ2v) is 4.77. The molecular weight excluding hydrogens is 250 g/mol. The van der Waals surface area contributed by atoms with E-state index in [1.165, 1.54) is 5.56 Å². The molecule has 0 aliphatic heterocycles. The van der Waals surface area contributed by atoms with Gasteiger partial charge in [0.15, 0.2) is 5.82 Å². The molecule has 4 heteroatoms. The highest BCUT2D eigenvalue weighted by Crippen LogP contribution is 2.26. The molecule has 0 fully saturated rings. The lowest BCUT2D eigenvalue weighted by Crippen LogP contribution is -2.18. The van der Waals surface area contributed by atoms with Gasteiger partial charge in [-0.15, -0.1) is 0 Å². The Morgan fingerprint density at radius 3 is 2.70 bits per heavy atom. The van der Waals surface area contributed by atoms with Gasteiger partial charge in [-0.2, -0.15) is 0 Å². The number of hydrogen-bond acceptors (Lipinski definition) is 4. The van der Waals surface area contributed by atoms with E-state index in [4.69, 9.17) is 4.74 Å². The van der Waals surface area contributed by atoms with E-state index in [2.05, 4.69) is 54.3 Å². The van der Waals surface area contributed by atoms with Crippen molar-refractivity contribution in [3.8, 4) is 5.75 Å². The summed E-state index contributed by atoms with van der Waals surface area (Å²) in [6, 6.07) is 8.34. The van der Waals surface area contributed by atoms with Crippen LogP contribution in [0.5, 0.6) is 5.75 Å². The third-order valence-corrected chi connectivity index (χ3v) is 3.12. The number of rotatable bonds is 6. The van der Waals surface area contributed by atoms with E-state index in [9.17, 15) is 0 Å². The number of aryl methyl sites for hydroxylation is 1. The molecule has 4 nitrogen and oxygen atoms in total. The van der Waals surface area contributed by atoms with Crippen molar-refractivity contribution in [3.05, 3.63) is 53.6 Å². The second kappa shape index (κ2) is 7.01. The number of nitrogens with one attached hydrogen (secondary N) is 1. The molecule has 1 unspecified atom stereocenters. The normalized spacial score (nSPS) is 12.2. The summed E-state index contributed by atoms with van der Waals surface area (Å²) in [7, 11) is 0. The Morgan fingerprint density at radius 1 is 1.25 bits per heavy atom. The molecule has 20 heavy (non-hydrogen) atoms. The molecule has 0 spiro atoms. The number of nitrogens with zero attached hydrogens (tertiary/aromatic N) is 2. The Labute approximate surface area is 120 Å². The zero-order valence-corrected chi connectivity index (χ0v) is 12.3. The lowest BCUT2D eigenvalue weighted by molar-refractivity contribution is 0.289. The highest BCUT2D eigenvalue weighted by Gasteiger charge is 2.11. The molecule has 0 bridgehead atoms. The second-order valence-electron chi connectivity index (χ2n) is 4.77. The van der Waals surface area contributed by atoms with Crippen LogP contribution in [0.3, 0.4) is 0 Å². The number of aromatic nitrogens is 2. The quantitative estimate of drug-likeness (QED) is 0.877. The minimum atomic E-state index is 0.257. The van der Waals surface area contributed by atoms with Crippen LogP contribution in [-0.4, -0.2) is 16.5 Å². The maximum Gasteiger partial charge on any atom is 0.166 e. The van der Waals surface area contributed by atoms with Crippen LogP contribution < -0.4 is 10.1 Å². The van der Waals surface area contributed by atoms with Gasteiger partial charge in [0, 0.05) is 24.0 Å². The molecular formula is C16H21N3O. The monoisotopic (exact) mass is 271 g/mol. The number of ether oxygens (including phenoxy) is 1. The fourth-order valence-electron chi connectivity index (χ4n) is 2.09. The number of hydrogen-bond donors (Lipinski definition) is 1. The summed E-state index contributed by atoms with van der Waals surface area (Å²) >= 11 is 0. The lowest BCUT2D eigenvalue weighted by atomic mass is 10.0. The van der Waals surface area contributed by atoms with Gasteiger partial charge in [0.05, 0.1) is 0 Å². The Kier molecular flexibility index (Phi) is 5.07. The minimum Gasteiger partial charge on any atom is -0.485 e. The minimum absolute atomic E-state index is 0.257. The molecule has 0 aliphatic rings. The van der Waals surface area contributed by atoms with Crippen LogP contribution in [-0.2, 0) is 6.61 Å². The molecule has 0 saturated carbocycles. The first kappa shape index (κ1) is 14.5. The predicted octanol–water partition coefficient (Wildman–Crippen LogP) is 3.03. The average Bonchev–Trinajstić information content (AvgIpc) is 2.46. The maximum absolute atomic E-state index is 5.91. The molecule has 2 rings (SSSR count). The molecule has 1 N–H and O–H groups in total. The first-order chi connectivity index (χ1) is 9.70.